The molecule has 2 atom stereocenters. The molecule has 0 aromatic heterocycles. The summed E-state index contributed by atoms with van der Waals surface area (Å²) in [4.78, 5) is 22.2. The maximum Gasteiger partial charge on any atom is 0.303 e. The van der Waals surface area contributed by atoms with Gasteiger partial charge < -0.3 is 5.11 Å². The minimum absolute atomic E-state index is 0.104. The molecule has 1 N–H and O–H groups in total. The topological polar surface area (TPSA) is 54.4 Å². The first kappa shape index (κ1) is 11.2. The van der Waals surface area contributed by atoms with Crippen LogP contribution in [0.25, 0.3) is 0 Å². The number of hydrogen-bond donors (Lipinski definition) is 1. The van der Waals surface area contributed by atoms with Crippen molar-refractivity contribution in [1.82, 2.24) is 0 Å². The molecule has 0 heterocycles. The Hall–Kier alpha value is -0.860. The zero-order chi connectivity index (χ0) is 10.8. The lowest BCUT2D eigenvalue weighted by Crippen LogP contribution is -2.38. The summed E-state index contributed by atoms with van der Waals surface area (Å²) < 4.78 is 0. The van der Waals surface area contributed by atoms with Crippen molar-refractivity contribution in [2.75, 3.05) is 0 Å². The molecule has 0 saturated heterocycles. The second kappa shape index (κ2) is 4.11. The Bertz CT molecular complexity index is 247. The molecular weight excluding hydrogens is 180 g/mol. The van der Waals surface area contributed by atoms with Crippen LogP contribution in [0.15, 0.2) is 0 Å². The van der Waals surface area contributed by atoms with Crippen LogP contribution in [0.1, 0.15) is 46.0 Å². The van der Waals surface area contributed by atoms with Crippen molar-refractivity contribution in [2.24, 2.45) is 11.3 Å². The molecule has 0 spiro atoms. The number of rotatable bonds is 3. The van der Waals surface area contributed by atoms with E-state index in [0.717, 1.165) is 12.8 Å². The van der Waals surface area contributed by atoms with Gasteiger partial charge in [-0.15, -0.1) is 0 Å². The van der Waals surface area contributed by atoms with Crippen molar-refractivity contribution in [3.8, 4) is 0 Å². The van der Waals surface area contributed by atoms with Gasteiger partial charge in [0.05, 0.1) is 0 Å². The van der Waals surface area contributed by atoms with Crippen LogP contribution in [0.5, 0.6) is 0 Å². The Morgan fingerprint density at radius 3 is 2.79 bits per heavy atom. The average Bonchev–Trinajstić information content (AvgIpc) is 2.11. The Balaban J connectivity index is 2.67. The molecule has 80 valence electrons. The van der Waals surface area contributed by atoms with E-state index < -0.39 is 11.4 Å². The normalized spacial score (nSPS) is 33.0. The SMILES string of the molecule is CC1CCCC(=O)C1(C)CCC(=O)O. The first-order chi connectivity index (χ1) is 6.47. The van der Waals surface area contributed by atoms with Crippen molar-refractivity contribution in [3.63, 3.8) is 0 Å². The molecule has 14 heavy (non-hydrogen) atoms. The maximum absolute atomic E-state index is 11.7. The van der Waals surface area contributed by atoms with Crippen molar-refractivity contribution in [3.05, 3.63) is 0 Å². The fourth-order valence-electron chi connectivity index (χ4n) is 2.20. The molecule has 0 aromatic carbocycles. The van der Waals surface area contributed by atoms with Crippen LogP contribution >= 0.6 is 0 Å². The number of aliphatic carboxylic acids is 1. The Morgan fingerprint density at radius 2 is 2.29 bits per heavy atom. The monoisotopic (exact) mass is 198 g/mol. The van der Waals surface area contributed by atoms with E-state index in [1.807, 2.05) is 6.92 Å². The van der Waals surface area contributed by atoms with E-state index in [1.54, 1.807) is 0 Å². The van der Waals surface area contributed by atoms with E-state index in [0.29, 0.717) is 18.8 Å². The summed E-state index contributed by atoms with van der Waals surface area (Å²) in [7, 11) is 0. The Labute approximate surface area is 84.5 Å². The summed E-state index contributed by atoms with van der Waals surface area (Å²) in [6, 6.07) is 0. The van der Waals surface area contributed by atoms with Crippen molar-refractivity contribution in [1.29, 1.82) is 0 Å². The van der Waals surface area contributed by atoms with Crippen LogP contribution in [-0.4, -0.2) is 16.9 Å². The van der Waals surface area contributed by atoms with E-state index >= 15 is 0 Å². The van der Waals surface area contributed by atoms with Gasteiger partial charge in [-0.25, -0.2) is 0 Å². The van der Waals surface area contributed by atoms with Crippen LogP contribution in [0, 0.1) is 11.3 Å². The van der Waals surface area contributed by atoms with Crippen LogP contribution in [0.2, 0.25) is 0 Å². The zero-order valence-electron chi connectivity index (χ0n) is 8.88. The van der Waals surface area contributed by atoms with Gasteiger partial charge in [-0.05, 0) is 25.2 Å². The van der Waals surface area contributed by atoms with Crippen molar-refractivity contribution >= 4 is 11.8 Å². The first-order valence-electron chi connectivity index (χ1n) is 5.22. The van der Waals surface area contributed by atoms with Gasteiger partial charge in [0, 0.05) is 18.3 Å². The summed E-state index contributed by atoms with van der Waals surface area (Å²) >= 11 is 0. The lowest BCUT2D eigenvalue weighted by Gasteiger charge is -2.37. The smallest absolute Gasteiger partial charge is 0.303 e. The third kappa shape index (κ3) is 2.14. The fourth-order valence-corrected chi connectivity index (χ4v) is 2.20. The molecule has 0 bridgehead atoms. The minimum Gasteiger partial charge on any atom is -0.481 e. The standard InChI is InChI=1S/C11H18O3/c1-8-4-3-5-9(12)11(8,2)7-6-10(13)14/h8H,3-7H2,1-2H3,(H,13,14). The van der Waals surface area contributed by atoms with Gasteiger partial charge in [0.15, 0.2) is 0 Å². The van der Waals surface area contributed by atoms with Gasteiger partial charge in [-0.2, -0.15) is 0 Å². The summed E-state index contributed by atoms with van der Waals surface area (Å²) in [5.74, 6) is -0.239. The van der Waals surface area contributed by atoms with Crippen molar-refractivity contribution < 1.29 is 14.7 Å². The van der Waals surface area contributed by atoms with Crippen LogP contribution < -0.4 is 0 Å². The molecule has 3 heteroatoms. The molecular formula is C11H18O3. The highest BCUT2D eigenvalue weighted by Crippen LogP contribution is 2.41. The molecule has 0 amide bonds. The van der Waals surface area contributed by atoms with Gasteiger partial charge in [0.1, 0.15) is 5.78 Å². The predicted molar refractivity (Wildman–Crippen MR) is 53.0 cm³/mol. The maximum atomic E-state index is 11.7. The largest absolute Gasteiger partial charge is 0.481 e. The molecule has 0 aliphatic heterocycles. The van der Waals surface area contributed by atoms with Crippen LogP contribution in [-0.2, 0) is 9.59 Å². The Kier molecular flexibility index (Phi) is 3.29. The number of carbonyl (C=O) groups excluding carboxylic acids is 1. The first-order valence-corrected chi connectivity index (χ1v) is 5.22. The molecule has 2 unspecified atom stereocenters. The average molecular weight is 198 g/mol. The Morgan fingerprint density at radius 1 is 1.64 bits per heavy atom. The van der Waals surface area contributed by atoms with Crippen LogP contribution in [0.4, 0.5) is 0 Å². The van der Waals surface area contributed by atoms with E-state index in [2.05, 4.69) is 6.92 Å². The molecule has 3 nitrogen and oxygen atoms in total. The second-order valence-corrected chi connectivity index (χ2v) is 4.53. The quantitative estimate of drug-likeness (QED) is 0.756. The van der Waals surface area contributed by atoms with Gasteiger partial charge in [-0.3, -0.25) is 9.59 Å². The number of carbonyl (C=O) groups is 2. The lowest BCUT2D eigenvalue weighted by molar-refractivity contribution is -0.140. The summed E-state index contributed by atoms with van der Waals surface area (Å²) in [6.45, 7) is 3.97. The molecule has 1 aliphatic rings. The molecule has 1 rings (SSSR count). The number of hydrogen-bond acceptors (Lipinski definition) is 2. The number of ketones is 1. The van der Waals surface area contributed by atoms with E-state index in [-0.39, 0.29) is 12.2 Å². The highest BCUT2D eigenvalue weighted by atomic mass is 16.4. The minimum atomic E-state index is -0.809. The highest BCUT2D eigenvalue weighted by Gasteiger charge is 2.40. The molecule has 1 aliphatic carbocycles. The number of carboxylic acids is 1. The van der Waals surface area contributed by atoms with Gasteiger partial charge in [-0.1, -0.05) is 13.8 Å². The highest BCUT2D eigenvalue weighted by molar-refractivity contribution is 5.85. The summed E-state index contributed by atoms with van der Waals surface area (Å²) in [5.41, 5.74) is -0.392. The van der Waals surface area contributed by atoms with E-state index in [1.165, 1.54) is 0 Å². The molecule has 1 saturated carbocycles. The van der Waals surface area contributed by atoms with E-state index in [4.69, 9.17) is 5.11 Å². The van der Waals surface area contributed by atoms with Crippen LogP contribution in [0.3, 0.4) is 0 Å². The van der Waals surface area contributed by atoms with Gasteiger partial charge in [0.2, 0.25) is 0 Å². The third-order valence-corrected chi connectivity index (χ3v) is 3.62. The molecule has 0 radical (unpaired) electrons. The van der Waals surface area contributed by atoms with E-state index in [9.17, 15) is 9.59 Å². The second-order valence-electron chi connectivity index (χ2n) is 4.53. The van der Waals surface area contributed by atoms with Gasteiger partial charge in [0.25, 0.3) is 0 Å². The molecule has 1 fully saturated rings. The number of Topliss-reactive ketones (excluding diaryl/α,β-unsaturated/α-hetero) is 1. The predicted octanol–water partition coefficient (Wildman–Crippen LogP) is 2.25. The third-order valence-electron chi connectivity index (χ3n) is 3.62. The number of carboxylic acid groups (broad SMARTS) is 1. The zero-order valence-corrected chi connectivity index (χ0v) is 8.88. The van der Waals surface area contributed by atoms with Gasteiger partial charge >= 0.3 is 5.97 Å². The fraction of sp³-hybridized carbons (Fsp3) is 0.818. The molecule has 0 aromatic rings. The van der Waals surface area contributed by atoms with Crippen molar-refractivity contribution in [2.45, 2.75) is 46.0 Å². The summed E-state index contributed by atoms with van der Waals surface area (Å²) in [5, 5.41) is 8.62. The lowest BCUT2D eigenvalue weighted by atomic mass is 9.65. The summed E-state index contributed by atoms with van der Waals surface area (Å²) in [6.07, 6.45) is 3.22.